The third-order valence-electron chi connectivity index (χ3n) is 3.31. The van der Waals surface area contributed by atoms with E-state index in [0.717, 1.165) is 11.1 Å². The Bertz CT molecular complexity index is 749. The topological polar surface area (TPSA) is 61.4 Å². The van der Waals surface area contributed by atoms with Crippen molar-refractivity contribution in [1.82, 2.24) is 5.32 Å². The van der Waals surface area contributed by atoms with Gasteiger partial charge in [0.05, 0.1) is 6.10 Å². The second-order valence-electron chi connectivity index (χ2n) is 5.17. The van der Waals surface area contributed by atoms with Gasteiger partial charge in [-0.3, -0.25) is 4.79 Å². The van der Waals surface area contributed by atoms with Crippen molar-refractivity contribution in [3.8, 4) is 0 Å². The van der Waals surface area contributed by atoms with Crippen molar-refractivity contribution in [3.05, 3.63) is 63.6 Å². The number of rotatable bonds is 4. The third-order valence-corrected chi connectivity index (χ3v) is 4.23. The predicted molar refractivity (Wildman–Crippen MR) is 102 cm³/mol. The summed E-state index contributed by atoms with van der Waals surface area (Å²) in [6.07, 6.45) is -0.554. The first-order valence-corrected chi connectivity index (χ1v) is 8.34. The summed E-state index contributed by atoms with van der Waals surface area (Å²) in [5.41, 5.74) is 2.15. The maximum atomic E-state index is 12.1. The van der Waals surface area contributed by atoms with Crippen molar-refractivity contribution in [1.29, 1.82) is 0 Å². The summed E-state index contributed by atoms with van der Waals surface area (Å²) in [5, 5.41) is 16.1. The number of aliphatic hydroxyl groups is 1. The van der Waals surface area contributed by atoms with Crippen molar-refractivity contribution < 1.29 is 9.90 Å². The summed E-state index contributed by atoms with van der Waals surface area (Å²) in [7, 11) is 0. The largest absolute Gasteiger partial charge is 0.389 e. The van der Waals surface area contributed by atoms with Gasteiger partial charge < -0.3 is 15.7 Å². The summed E-state index contributed by atoms with van der Waals surface area (Å²) in [6, 6.07) is 12.0. The monoisotopic (exact) mass is 382 g/mol. The van der Waals surface area contributed by atoms with Crippen LogP contribution in [0.15, 0.2) is 42.5 Å². The lowest BCUT2D eigenvalue weighted by Crippen LogP contribution is -2.33. The third kappa shape index (κ3) is 5.18. The van der Waals surface area contributed by atoms with E-state index in [0.29, 0.717) is 22.3 Å². The number of carbonyl (C=O) groups is 1. The van der Waals surface area contributed by atoms with Crippen LogP contribution in [0.1, 0.15) is 24.2 Å². The first kappa shape index (κ1) is 18.7. The fraction of sp³-hybridized carbons (Fsp3) is 0.176. The summed E-state index contributed by atoms with van der Waals surface area (Å²) in [5.74, 6) is -0.417. The number of hydrogen-bond acceptors (Lipinski definition) is 3. The van der Waals surface area contributed by atoms with Crippen molar-refractivity contribution in [2.24, 2.45) is 0 Å². The van der Waals surface area contributed by atoms with Crippen LogP contribution in [-0.2, 0) is 11.3 Å². The van der Waals surface area contributed by atoms with Crippen molar-refractivity contribution in [3.63, 3.8) is 0 Å². The summed E-state index contributed by atoms with van der Waals surface area (Å²) in [4.78, 5) is 12.1. The molecule has 0 saturated heterocycles. The molecule has 0 aliphatic rings. The van der Waals surface area contributed by atoms with Crippen LogP contribution < -0.4 is 10.6 Å². The van der Waals surface area contributed by atoms with Crippen molar-refractivity contribution in [2.75, 3.05) is 5.32 Å². The number of halogens is 2. The molecule has 24 heavy (non-hydrogen) atoms. The van der Waals surface area contributed by atoms with Gasteiger partial charge in [-0.1, -0.05) is 53.6 Å². The molecule has 0 saturated carbocycles. The molecule has 3 N–H and O–H groups in total. The number of amides is 1. The highest BCUT2D eigenvalue weighted by molar-refractivity contribution is 7.82. The average Bonchev–Trinajstić information content (AvgIpc) is 2.54. The van der Waals surface area contributed by atoms with Crippen LogP contribution in [-0.4, -0.2) is 16.0 Å². The first-order valence-electron chi connectivity index (χ1n) is 7.18. The number of hydrogen-bond donors (Lipinski definition) is 3. The van der Waals surface area contributed by atoms with Crippen molar-refractivity contribution >= 4 is 52.0 Å². The molecule has 0 aliphatic heterocycles. The standard InChI is InChI=1S/C17H16Cl2N2O2S/c1-10(22)11-3-6-14(7-4-11)21-16(23)17(24)20-9-12-2-5-13(18)8-15(12)19/h2-8,10,22H,9H2,1H3,(H,20,24)(H,21,23). The molecule has 2 rings (SSSR count). The van der Waals surface area contributed by atoms with Crippen LogP contribution in [0.2, 0.25) is 10.0 Å². The van der Waals surface area contributed by atoms with Crippen LogP contribution in [0.4, 0.5) is 5.69 Å². The van der Waals surface area contributed by atoms with E-state index in [2.05, 4.69) is 10.6 Å². The minimum Gasteiger partial charge on any atom is -0.389 e. The van der Waals surface area contributed by atoms with Gasteiger partial charge in [0.15, 0.2) is 4.99 Å². The highest BCUT2D eigenvalue weighted by Gasteiger charge is 2.10. The second kappa shape index (κ2) is 8.44. The molecule has 2 aromatic rings. The first-order chi connectivity index (χ1) is 11.4. The highest BCUT2D eigenvalue weighted by Crippen LogP contribution is 2.20. The maximum Gasteiger partial charge on any atom is 0.283 e. The molecule has 4 nitrogen and oxygen atoms in total. The molecule has 0 aliphatic carbocycles. The fourth-order valence-electron chi connectivity index (χ4n) is 1.95. The van der Waals surface area contributed by atoms with Crippen molar-refractivity contribution in [2.45, 2.75) is 19.6 Å². The van der Waals surface area contributed by atoms with Gasteiger partial charge in [0, 0.05) is 22.3 Å². The average molecular weight is 383 g/mol. The Labute approximate surface area is 155 Å². The predicted octanol–water partition coefficient (Wildman–Crippen LogP) is 4.10. The smallest absolute Gasteiger partial charge is 0.283 e. The lowest BCUT2D eigenvalue weighted by Gasteiger charge is -2.11. The number of nitrogens with one attached hydrogen (secondary N) is 2. The van der Waals surface area contributed by atoms with Crippen LogP contribution in [0.25, 0.3) is 0 Å². The molecular weight excluding hydrogens is 367 g/mol. The van der Waals surface area contributed by atoms with Gasteiger partial charge in [-0.2, -0.15) is 0 Å². The van der Waals surface area contributed by atoms with Gasteiger partial charge in [-0.05, 0) is 42.3 Å². The molecule has 0 bridgehead atoms. The maximum absolute atomic E-state index is 12.1. The summed E-state index contributed by atoms with van der Waals surface area (Å²) < 4.78 is 0. The molecule has 2 aromatic carbocycles. The van der Waals surface area contributed by atoms with E-state index >= 15 is 0 Å². The van der Waals surface area contributed by atoms with E-state index in [9.17, 15) is 9.90 Å². The van der Waals surface area contributed by atoms with Crippen LogP contribution in [0.3, 0.4) is 0 Å². The Morgan fingerprint density at radius 1 is 1.21 bits per heavy atom. The normalized spacial score (nSPS) is 11.7. The molecule has 7 heteroatoms. The second-order valence-corrected chi connectivity index (χ2v) is 6.42. The van der Waals surface area contributed by atoms with Gasteiger partial charge >= 0.3 is 0 Å². The van der Waals surface area contributed by atoms with Gasteiger partial charge in [0.2, 0.25) is 0 Å². The van der Waals surface area contributed by atoms with Crippen LogP contribution >= 0.6 is 35.4 Å². The fourth-order valence-corrected chi connectivity index (χ4v) is 2.55. The van der Waals surface area contributed by atoms with Gasteiger partial charge in [-0.25, -0.2) is 0 Å². The number of aliphatic hydroxyl groups excluding tert-OH is 1. The minimum atomic E-state index is -0.554. The van der Waals surface area contributed by atoms with E-state index in [1.54, 1.807) is 49.4 Å². The number of benzene rings is 2. The van der Waals surface area contributed by atoms with E-state index < -0.39 is 12.0 Å². The minimum absolute atomic E-state index is 0.0561. The SMILES string of the molecule is CC(O)c1ccc(NC(=O)C(=S)NCc2ccc(Cl)cc2Cl)cc1. The number of carbonyl (C=O) groups excluding carboxylic acids is 1. The Balaban J connectivity index is 1.91. The molecule has 1 amide bonds. The number of thiocarbonyl (C=S) groups is 1. The lowest BCUT2D eigenvalue weighted by molar-refractivity contribution is -0.110. The summed E-state index contributed by atoms with van der Waals surface area (Å²) in [6.45, 7) is 2.00. The van der Waals surface area contributed by atoms with E-state index in [1.165, 1.54) is 0 Å². The molecule has 1 unspecified atom stereocenters. The highest BCUT2D eigenvalue weighted by atomic mass is 35.5. The zero-order valence-corrected chi connectivity index (χ0v) is 15.2. The van der Waals surface area contributed by atoms with Gasteiger partial charge in [-0.15, -0.1) is 0 Å². The Kier molecular flexibility index (Phi) is 6.57. The Morgan fingerprint density at radius 3 is 2.46 bits per heavy atom. The van der Waals surface area contributed by atoms with Crippen LogP contribution in [0, 0.1) is 0 Å². The molecule has 0 heterocycles. The molecule has 0 radical (unpaired) electrons. The Hall–Kier alpha value is -1.66. The van der Waals surface area contributed by atoms with E-state index in [1.807, 2.05) is 0 Å². The number of anilines is 1. The lowest BCUT2D eigenvalue weighted by atomic mass is 10.1. The molecule has 126 valence electrons. The Morgan fingerprint density at radius 2 is 1.88 bits per heavy atom. The zero-order chi connectivity index (χ0) is 17.7. The van der Waals surface area contributed by atoms with E-state index in [4.69, 9.17) is 35.4 Å². The van der Waals surface area contributed by atoms with Crippen LogP contribution in [0.5, 0.6) is 0 Å². The molecule has 0 spiro atoms. The zero-order valence-electron chi connectivity index (χ0n) is 12.8. The summed E-state index contributed by atoms with van der Waals surface area (Å²) >= 11 is 17.0. The quantitative estimate of drug-likeness (QED) is 0.696. The van der Waals surface area contributed by atoms with Gasteiger partial charge in [0.1, 0.15) is 0 Å². The molecule has 0 fully saturated rings. The van der Waals surface area contributed by atoms with Gasteiger partial charge in [0.25, 0.3) is 5.91 Å². The molecule has 1 atom stereocenters. The van der Waals surface area contributed by atoms with E-state index in [-0.39, 0.29) is 4.99 Å². The molecule has 0 aromatic heterocycles. The molecular formula is C17H16Cl2N2O2S.